The monoisotopic (exact) mass is 348 g/mol. The molecule has 2 aromatic rings. The van der Waals surface area contributed by atoms with Crippen LogP contribution in [-0.2, 0) is 4.79 Å². The minimum Gasteiger partial charge on any atom is -0.294 e. The predicted octanol–water partition coefficient (Wildman–Crippen LogP) is 4.69. The van der Waals surface area contributed by atoms with Gasteiger partial charge in [0.05, 0.1) is 6.04 Å². The molecule has 134 valence electrons. The van der Waals surface area contributed by atoms with Crippen molar-refractivity contribution in [2.24, 2.45) is 0 Å². The van der Waals surface area contributed by atoms with E-state index in [9.17, 15) is 9.59 Å². The van der Waals surface area contributed by atoms with Gasteiger partial charge < -0.3 is 0 Å². The summed E-state index contributed by atoms with van der Waals surface area (Å²) >= 11 is 0. The van der Waals surface area contributed by atoms with E-state index in [1.807, 2.05) is 61.1 Å². The fourth-order valence-electron chi connectivity index (χ4n) is 3.42. The fraction of sp³-hybridized carbons (Fsp3) is 0.318. The summed E-state index contributed by atoms with van der Waals surface area (Å²) in [5.74, 6) is 0.223. The van der Waals surface area contributed by atoms with Crippen LogP contribution in [0.4, 0.5) is 0 Å². The van der Waals surface area contributed by atoms with Crippen molar-refractivity contribution < 1.29 is 9.59 Å². The summed E-state index contributed by atoms with van der Waals surface area (Å²) in [5, 5.41) is 4.26. The molecule has 0 saturated carbocycles. The van der Waals surface area contributed by atoms with E-state index in [-0.39, 0.29) is 17.6 Å². The Labute approximate surface area is 154 Å². The van der Waals surface area contributed by atoms with E-state index >= 15 is 0 Å². The number of benzene rings is 1. The summed E-state index contributed by atoms with van der Waals surface area (Å²) in [6, 6.07) is 9.70. The number of carbonyl (C=O) groups excluding carboxylic acids is 2. The molecule has 1 aliphatic rings. The van der Waals surface area contributed by atoms with Gasteiger partial charge in [0.1, 0.15) is 0 Å². The number of Topliss-reactive ketones (excluding diaryl/α,β-unsaturated/α-hetero) is 2. The zero-order valence-electron chi connectivity index (χ0n) is 15.5. The number of aromatic nitrogens is 2. The van der Waals surface area contributed by atoms with Crippen LogP contribution in [0.15, 0.2) is 65.5 Å². The van der Waals surface area contributed by atoms with E-state index in [1.54, 1.807) is 6.20 Å². The molecule has 0 aliphatic heterocycles. The van der Waals surface area contributed by atoms with E-state index < -0.39 is 0 Å². The van der Waals surface area contributed by atoms with Crippen molar-refractivity contribution >= 4 is 11.6 Å². The molecule has 0 N–H and O–H groups in total. The average molecular weight is 348 g/mol. The third-order valence-electron chi connectivity index (χ3n) is 4.95. The van der Waals surface area contributed by atoms with Crippen LogP contribution >= 0.6 is 0 Å². The second kappa shape index (κ2) is 7.65. The van der Waals surface area contributed by atoms with Gasteiger partial charge in [0.2, 0.25) is 0 Å². The number of rotatable bonds is 6. The molecule has 4 nitrogen and oxygen atoms in total. The third kappa shape index (κ3) is 3.90. The van der Waals surface area contributed by atoms with Gasteiger partial charge in [-0.3, -0.25) is 14.3 Å². The molecule has 3 rings (SSSR count). The maximum absolute atomic E-state index is 12.5. The highest BCUT2D eigenvalue weighted by atomic mass is 16.1. The molecule has 1 aliphatic carbocycles. The molecule has 1 unspecified atom stereocenters. The van der Waals surface area contributed by atoms with Gasteiger partial charge >= 0.3 is 0 Å². The highest BCUT2D eigenvalue weighted by Crippen LogP contribution is 2.25. The standard InChI is InChI=1S/C22H24N2O2/c1-15-13-16(2)20(22(26)14-15)9-10-21(25)19-7-5-18(6-8-19)17(3)24-12-4-11-23-24/h4-8,11-13,17H,9-10,14H2,1-3H3. The second-order valence-electron chi connectivity index (χ2n) is 6.96. The lowest BCUT2D eigenvalue weighted by atomic mass is 9.89. The van der Waals surface area contributed by atoms with Crippen LogP contribution in [0.2, 0.25) is 0 Å². The molecule has 1 aromatic heterocycles. The van der Waals surface area contributed by atoms with Crippen molar-refractivity contribution in [3.63, 3.8) is 0 Å². The Balaban J connectivity index is 1.65. The van der Waals surface area contributed by atoms with Crippen LogP contribution in [0.25, 0.3) is 0 Å². The Kier molecular flexibility index (Phi) is 5.31. The average Bonchev–Trinajstić information content (AvgIpc) is 3.14. The Bertz CT molecular complexity index is 871. The number of carbonyl (C=O) groups is 2. The molecule has 0 amide bonds. The minimum absolute atomic E-state index is 0.0719. The second-order valence-corrected chi connectivity index (χ2v) is 6.96. The smallest absolute Gasteiger partial charge is 0.163 e. The molecule has 0 saturated heterocycles. The van der Waals surface area contributed by atoms with Crippen LogP contribution in [0, 0.1) is 0 Å². The predicted molar refractivity (Wildman–Crippen MR) is 102 cm³/mol. The van der Waals surface area contributed by atoms with E-state index in [1.165, 1.54) is 0 Å². The third-order valence-corrected chi connectivity index (χ3v) is 4.95. The zero-order chi connectivity index (χ0) is 18.7. The van der Waals surface area contributed by atoms with E-state index in [4.69, 9.17) is 0 Å². The number of hydrogen-bond acceptors (Lipinski definition) is 3. The number of nitrogens with zero attached hydrogens (tertiary/aromatic N) is 2. The lowest BCUT2D eigenvalue weighted by molar-refractivity contribution is -0.115. The molecule has 1 atom stereocenters. The van der Waals surface area contributed by atoms with Crippen LogP contribution in [0.1, 0.15) is 62.0 Å². The van der Waals surface area contributed by atoms with Crippen molar-refractivity contribution in [3.8, 4) is 0 Å². The first kappa shape index (κ1) is 18.1. The molecule has 26 heavy (non-hydrogen) atoms. The summed E-state index contributed by atoms with van der Waals surface area (Å²) in [5.41, 5.74) is 4.67. The van der Waals surface area contributed by atoms with Gasteiger partial charge in [0.25, 0.3) is 0 Å². The van der Waals surface area contributed by atoms with Crippen LogP contribution < -0.4 is 0 Å². The summed E-state index contributed by atoms with van der Waals surface area (Å²) < 4.78 is 1.89. The first-order valence-electron chi connectivity index (χ1n) is 8.98. The van der Waals surface area contributed by atoms with Crippen molar-refractivity contribution in [1.82, 2.24) is 9.78 Å². The molecule has 0 bridgehead atoms. The van der Waals surface area contributed by atoms with Gasteiger partial charge in [0, 0.05) is 30.8 Å². The highest BCUT2D eigenvalue weighted by molar-refractivity contribution is 6.01. The number of ketones is 2. The molecular formula is C22H24N2O2. The first-order valence-corrected chi connectivity index (χ1v) is 8.98. The van der Waals surface area contributed by atoms with Crippen molar-refractivity contribution in [2.45, 2.75) is 46.1 Å². The Morgan fingerprint density at radius 2 is 1.96 bits per heavy atom. The molecular weight excluding hydrogens is 324 g/mol. The van der Waals surface area contributed by atoms with Gasteiger partial charge in [-0.1, -0.05) is 35.9 Å². The summed E-state index contributed by atoms with van der Waals surface area (Å²) in [7, 11) is 0. The molecule has 0 fully saturated rings. The quantitative estimate of drug-likeness (QED) is 0.712. The van der Waals surface area contributed by atoms with Crippen molar-refractivity contribution in [1.29, 1.82) is 0 Å². The maximum atomic E-state index is 12.5. The van der Waals surface area contributed by atoms with Gasteiger partial charge in [-0.05, 0) is 50.0 Å². The van der Waals surface area contributed by atoms with Gasteiger partial charge in [-0.25, -0.2) is 0 Å². The SMILES string of the molecule is CC1=CC(C)=C(CCC(=O)c2ccc(C(C)n3cccn3)cc2)C(=O)C1. The molecule has 4 heteroatoms. The number of hydrogen-bond donors (Lipinski definition) is 0. The van der Waals surface area contributed by atoms with Crippen molar-refractivity contribution in [3.05, 3.63) is 76.6 Å². The lowest BCUT2D eigenvalue weighted by Gasteiger charge is -2.15. The Morgan fingerprint density at radius 1 is 1.23 bits per heavy atom. The summed E-state index contributed by atoms with van der Waals surface area (Å²) in [4.78, 5) is 24.7. The van der Waals surface area contributed by atoms with E-state index in [0.717, 1.165) is 22.3 Å². The zero-order valence-corrected chi connectivity index (χ0v) is 15.5. The number of allylic oxidation sites excluding steroid dienone is 4. The molecule has 0 radical (unpaired) electrons. The van der Waals surface area contributed by atoms with Crippen LogP contribution in [0.5, 0.6) is 0 Å². The molecule has 1 aromatic carbocycles. The van der Waals surface area contributed by atoms with Crippen LogP contribution in [0.3, 0.4) is 0 Å². The van der Waals surface area contributed by atoms with Crippen LogP contribution in [-0.4, -0.2) is 21.3 Å². The van der Waals surface area contributed by atoms with Gasteiger partial charge in [-0.2, -0.15) is 5.10 Å². The van der Waals surface area contributed by atoms with Gasteiger partial charge in [0.15, 0.2) is 11.6 Å². The van der Waals surface area contributed by atoms with Crippen molar-refractivity contribution in [2.75, 3.05) is 0 Å². The summed E-state index contributed by atoms with van der Waals surface area (Å²) in [6.07, 6.45) is 7.08. The van der Waals surface area contributed by atoms with Gasteiger partial charge in [-0.15, -0.1) is 0 Å². The maximum Gasteiger partial charge on any atom is 0.163 e. The van der Waals surface area contributed by atoms with E-state index in [0.29, 0.717) is 24.8 Å². The molecule has 0 spiro atoms. The Hall–Kier alpha value is -2.75. The largest absolute Gasteiger partial charge is 0.294 e. The molecule has 1 heterocycles. The minimum atomic E-state index is 0.0719. The summed E-state index contributed by atoms with van der Waals surface area (Å²) in [6.45, 7) is 5.99. The highest BCUT2D eigenvalue weighted by Gasteiger charge is 2.19. The Morgan fingerprint density at radius 3 is 2.58 bits per heavy atom. The lowest BCUT2D eigenvalue weighted by Crippen LogP contribution is -2.12. The van der Waals surface area contributed by atoms with E-state index in [2.05, 4.69) is 12.0 Å². The first-order chi connectivity index (χ1) is 12.5. The topological polar surface area (TPSA) is 52.0 Å². The normalized spacial score (nSPS) is 15.8. The fourth-order valence-corrected chi connectivity index (χ4v) is 3.42.